The molecule has 1 fully saturated rings. The third kappa shape index (κ3) is 10.3. The molecule has 0 bridgehead atoms. The standard InChI is InChI=1S/C33H35F6N3O5/c34-22-8-4-19(5-9-22)30(20-6-10-23(35)11-7-20)31(40)28(44)14-21-2-1-3-26(36)25(21)13-12-24-15-41-27(16-43)29(47-24)17-46-32(45)42-18-33(37,38)39/h1-11,24,27,29-31,41,43H,12-18,40H2,(H,42,45)/t24-,27-,29-,31-/m1/s1. The molecule has 0 saturated carbocycles. The van der Waals surface area contributed by atoms with Crippen molar-refractivity contribution in [3.05, 3.63) is 106 Å². The number of amides is 1. The largest absolute Gasteiger partial charge is 0.447 e. The number of alkyl carbamates (subject to hydrolysis) is 1. The molecule has 4 rings (SSSR count). The van der Waals surface area contributed by atoms with Gasteiger partial charge in [-0.15, -0.1) is 0 Å². The van der Waals surface area contributed by atoms with E-state index in [0.717, 1.165) is 0 Å². The molecule has 254 valence electrons. The predicted octanol–water partition coefficient (Wildman–Crippen LogP) is 4.31. The number of nitrogens with one attached hydrogen (secondary N) is 2. The number of benzene rings is 3. The number of Topliss-reactive ketones (excluding diaryl/α,β-unsaturated/α-hetero) is 1. The molecule has 3 aromatic rings. The van der Waals surface area contributed by atoms with Gasteiger partial charge in [-0.05, 0) is 65.4 Å². The monoisotopic (exact) mass is 667 g/mol. The number of ketones is 1. The van der Waals surface area contributed by atoms with Gasteiger partial charge in [-0.1, -0.05) is 36.4 Å². The van der Waals surface area contributed by atoms with Crippen LogP contribution in [0.4, 0.5) is 31.1 Å². The van der Waals surface area contributed by atoms with E-state index in [2.05, 4.69) is 5.32 Å². The first-order valence-corrected chi connectivity index (χ1v) is 14.9. The Kier molecular flexibility index (Phi) is 12.4. The minimum Gasteiger partial charge on any atom is -0.447 e. The van der Waals surface area contributed by atoms with Crippen LogP contribution in [0.5, 0.6) is 0 Å². The summed E-state index contributed by atoms with van der Waals surface area (Å²) in [5.41, 5.74) is 8.20. The minimum atomic E-state index is -4.62. The van der Waals surface area contributed by atoms with E-state index in [9.17, 15) is 36.6 Å². The molecule has 8 nitrogen and oxygen atoms in total. The van der Waals surface area contributed by atoms with Crippen molar-refractivity contribution in [1.82, 2.24) is 10.6 Å². The number of ether oxygens (including phenoxy) is 2. The highest BCUT2D eigenvalue weighted by molar-refractivity contribution is 5.87. The van der Waals surface area contributed by atoms with Gasteiger partial charge < -0.3 is 30.9 Å². The van der Waals surface area contributed by atoms with Crippen LogP contribution >= 0.6 is 0 Å². The van der Waals surface area contributed by atoms with Crippen LogP contribution in [0.1, 0.15) is 34.6 Å². The number of aliphatic hydroxyl groups is 1. The molecule has 0 radical (unpaired) electrons. The summed E-state index contributed by atoms with van der Waals surface area (Å²) in [4.78, 5) is 25.3. The van der Waals surface area contributed by atoms with Crippen molar-refractivity contribution in [3.63, 3.8) is 0 Å². The average Bonchev–Trinajstić information content (AvgIpc) is 3.04. The molecule has 1 saturated heterocycles. The van der Waals surface area contributed by atoms with Crippen molar-refractivity contribution in [1.29, 1.82) is 0 Å². The first kappa shape index (κ1) is 35.9. The number of carbonyl (C=O) groups excluding carboxylic acids is 2. The van der Waals surface area contributed by atoms with E-state index in [-0.39, 0.29) is 31.4 Å². The Balaban J connectivity index is 1.43. The molecule has 0 aromatic heterocycles. The lowest BCUT2D eigenvalue weighted by Gasteiger charge is -2.36. The number of hydrogen-bond acceptors (Lipinski definition) is 7. The summed E-state index contributed by atoms with van der Waals surface area (Å²) in [6.07, 6.45) is -7.24. The van der Waals surface area contributed by atoms with Gasteiger partial charge >= 0.3 is 12.3 Å². The lowest BCUT2D eigenvalue weighted by Crippen LogP contribution is -2.56. The number of aliphatic hydroxyl groups excluding tert-OH is 1. The second-order valence-corrected chi connectivity index (χ2v) is 11.2. The van der Waals surface area contributed by atoms with Crippen molar-refractivity contribution in [2.75, 3.05) is 26.3 Å². The molecule has 1 amide bonds. The van der Waals surface area contributed by atoms with Crippen LogP contribution in [-0.4, -0.2) is 73.8 Å². The van der Waals surface area contributed by atoms with Gasteiger partial charge in [0, 0.05) is 18.9 Å². The third-order valence-corrected chi connectivity index (χ3v) is 7.92. The summed E-state index contributed by atoms with van der Waals surface area (Å²) < 4.78 is 90.3. The summed E-state index contributed by atoms with van der Waals surface area (Å²) in [7, 11) is 0. The molecule has 0 unspecified atom stereocenters. The molecule has 0 spiro atoms. The van der Waals surface area contributed by atoms with Crippen molar-refractivity contribution in [2.24, 2.45) is 5.73 Å². The van der Waals surface area contributed by atoms with Crippen molar-refractivity contribution < 1.29 is 50.5 Å². The molecule has 14 heteroatoms. The number of halogens is 6. The third-order valence-electron chi connectivity index (χ3n) is 7.92. The van der Waals surface area contributed by atoms with E-state index in [1.165, 1.54) is 60.7 Å². The lowest BCUT2D eigenvalue weighted by molar-refractivity contribution is -0.125. The summed E-state index contributed by atoms with van der Waals surface area (Å²) in [5, 5.41) is 14.3. The summed E-state index contributed by atoms with van der Waals surface area (Å²) >= 11 is 0. The first-order valence-electron chi connectivity index (χ1n) is 14.9. The molecule has 4 atom stereocenters. The van der Waals surface area contributed by atoms with Crippen LogP contribution in [0.15, 0.2) is 66.7 Å². The van der Waals surface area contributed by atoms with E-state index in [4.69, 9.17) is 15.2 Å². The second-order valence-electron chi connectivity index (χ2n) is 11.2. The number of rotatable bonds is 13. The zero-order valence-electron chi connectivity index (χ0n) is 25.1. The molecular formula is C33H35F6N3O5. The van der Waals surface area contributed by atoms with E-state index < -0.39 is 85.5 Å². The normalized spacial score (nSPS) is 19.0. The smallest absolute Gasteiger partial charge is 0.407 e. The Bertz CT molecular complexity index is 1440. The van der Waals surface area contributed by atoms with Crippen LogP contribution in [0.25, 0.3) is 0 Å². The Morgan fingerprint density at radius 1 is 1.00 bits per heavy atom. The summed E-state index contributed by atoms with van der Waals surface area (Å²) in [6, 6.07) is 13.4. The number of hydrogen-bond donors (Lipinski definition) is 4. The zero-order valence-corrected chi connectivity index (χ0v) is 25.1. The maximum absolute atomic E-state index is 15.1. The van der Waals surface area contributed by atoms with Gasteiger partial charge in [-0.25, -0.2) is 18.0 Å². The second kappa shape index (κ2) is 16.2. The van der Waals surface area contributed by atoms with Gasteiger partial charge in [-0.3, -0.25) is 4.79 Å². The SMILES string of the molecule is N[C@H](C(=O)Cc1cccc(F)c1CC[C@@H]1CN[C@H](CO)[C@@H](COC(=O)NCC(F)(F)F)O1)C(c1ccc(F)cc1)c1ccc(F)cc1. The van der Waals surface area contributed by atoms with E-state index >= 15 is 4.39 Å². The van der Waals surface area contributed by atoms with Crippen molar-refractivity contribution in [3.8, 4) is 0 Å². The number of morpholine rings is 1. The molecule has 1 heterocycles. The number of nitrogens with two attached hydrogens (primary N) is 1. The Hall–Kier alpha value is -3.98. The van der Waals surface area contributed by atoms with E-state index in [1.807, 2.05) is 0 Å². The number of carbonyl (C=O) groups is 2. The maximum Gasteiger partial charge on any atom is 0.407 e. The molecule has 5 N–H and O–H groups in total. The molecule has 0 aliphatic carbocycles. The highest BCUT2D eigenvalue weighted by Gasteiger charge is 2.33. The van der Waals surface area contributed by atoms with E-state index in [0.29, 0.717) is 16.7 Å². The van der Waals surface area contributed by atoms with Gasteiger partial charge in [0.1, 0.15) is 36.7 Å². The fourth-order valence-corrected chi connectivity index (χ4v) is 5.49. The highest BCUT2D eigenvalue weighted by atomic mass is 19.4. The molecular weight excluding hydrogens is 632 g/mol. The average molecular weight is 668 g/mol. The Morgan fingerprint density at radius 2 is 1.62 bits per heavy atom. The van der Waals surface area contributed by atoms with Crippen molar-refractivity contribution in [2.45, 2.75) is 55.6 Å². The maximum atomic E-state index is 15.1. The zero-order chi connectivity index (χ0) is 34.1. The first-order chi connectivity index (χ1) is 22.3. The Morgan fingerprint density at radius 3 is 2.19 bits per heavy atom. The van der Waals surface area contributed by atoms with Gasteiger partial charge in [-0.2, -0.15) is 13.2 Å². The van der Waals surface area contributed by atoms with Crippen LogP contribution < -0.4 is 16.4 Å². The summed E-state index contributed by atoms with van der Waals surface area (Å²) in [6.45, 7) is -2.17. The van der Waals surface area contributed by atoms with Crippen LogP contribution in [0.3, 0.4) is 0 Å². The lowest BCUT2D eigenvalue weighted by atomic mass is 9.82. The van der Waals surface area contributed by atoms with E-state index in [1.54, 1.807) is 11.4 Å². The topological polar surface area (TPSA) is 123 Å². The highest BCUT2D eigenvalue weighted by Crippen LogP contribution is 2.30. The molecule has 1 aliphatic rings. The van der Waals surface area contributed by atoms with Crippen molar-refractivity contribution >= 4 is 11.9 Å². The fourth-order valence-electron chi connectivity index (χ4n) is 5.49. The minimum absolute atomic E-state index is 0.125. The van der Waals surface area contributed by atoms with Crippen LogP contribution in [-0.2, 0) is 27.1 Å². The van der Waals surface area contributed by atoms with Crippen LogP contribution in [0, 0.1) is 17.5 Å². The Labute approximate surface area is 267 Å². The van der Waals surface area contributed by atoms with Gasteiger partial charge in [0.15, 0.2) is 5.78 Å². The fraction of sp³-hybridized carbons (Fsp3) is 0.394. The van der Waals surface area contributed by atoms with Gasteiger partial charge in [0.2, 0.25) is 0 Å². The molecule has 3 aromatic carbocycles. The number of alkyl halides is 3. The predicted molar refractivity (Wildman–Crippen MR) is 159 cm³/mol. The molecule has 1 aliphatic heterocycles. The van der Waals surface area contributed by atoms with Crippen LogP contribution in [0.2, 0.25) is 0 Å². The molecule has 47 heavy (non-hydrogen) atoms. The van der Waals surface area contributed by atoms with Gasteiger partial charge in [0.25, 0.3) is 0 Å². The summed E-state index contributed by atoms with van der Waals surface area (Å²) in [5.74, 6) is -2.69. The quantitative estimate of drug-likeness (QED) is 0.201. The van der Waals surface area contributed by atoms with Gasteiger partial charge in [0.05, 0.1) is 24.8 Å².